The van der Waals surface area contributed by atoms with E-state index in [4.69, 9.17) is 11.6 Å². The summed E-state index contributed by atoms with van der Waals surface area (Å²) in [6.07, 6.45) is 8.25. The Morgan fingerprint density at radius 2 is 1.91 bits per heavy atom. The van der Waals surface area contributed by atoms with Crippen molar-refractivity contribution in [1.82, 2.24) is 9.80 Å². The van der Waals surface area contributed by atoms with Gasteiger partial charge in [0, 0.05) is 38.5 Å². The maximum absolute atomic E-state index is 14.1. The Kier molecular flexibility index (Phi) is 5.79. The van der Waals surface area contributed by atoms with Gasteiger partial charge in [-0.1, -0.05) is 48.0 Å². The molecule has 5 atom stereocenters. The number of aliphatic hydroxyl groups is 1. The minimum absolute atomic E-state index is 0.0662. The van der Waals surface area contributed by atoms with E-state index >= 15 is 0 Å². The molecule has 1 unspecified atom stereocenters. The summed E-state index contributed by atoms with van der Waals surface area (Å²) < 4.78 is -0.854. The van der Waals surface area contributed by atoms with E-state index in [9.17, 15) is 19.5 Å². The van der Waals surface area contributed by atoms with Crippen LogP contribution in [0.25, 0.3) is 0 Å². The number of nitrogens with zero attached hydrogens (tertiary/aromatic N) is 3. The number of likely N-dealkylation sites (tertiary alicyclic amines) is 1. The van der Waals surface area contributed by atoms with Gasteiger partial charge in [-0.3, -0.25) is 14.4 Å². The number of rotatable bonds is 4. The fraction of sp³-hybridized carbons (Fsp3) is 0.458. The first-order valence-corrected chi connectivity index (χ1v) is 12.4. The van der Waals surface area contributed by atoms with E-state index in [0.717, 1.165) is 0 Å². The highest BCUT2D eigenvalue weighted by atomic mass is 35.5. The summed E-state index contributed by atoms with van der Waals surface area (Å²) in [6, 6.07) is 6.39. The Morgan fingerprint density at radius 3 is 2.67 bits per heavy atom. The molecule has 4 aliphatic heterocycles. The molecule has 2 fully saturated rings. The number of anilines is 1. The molecule has 0 bridgehead atoms. The number of benzene rings is 1. The summed E-state index contributed by atoms with van der Waals surface area (Å²) in [6.45, 7) is 1.00. The van der Waals surface area contributed by atoms with Crippen LogP contribution in [-0.2, 0) is 14.4 Å². The summed E-state index contributed by atoms with van der Waals surface area (Å²) >= 11 is 7.98. The van der Waals surface area contributed by atoms with Gasteiger partial charge in [0.2, 0.25) is 11.8 Å². The highest BCUT2D eigenvalue weighted by Crippen LogP contribution is 2.61. The molecule has 0 aliphatic carbocycles. The lowest BCUT2D eigenvalue weighted by Gasteiger charge is -2.35. The van der Waals surface area contributed by atoms with Crippen molar-refractivity contribution in [2.45, 2.75) is 22.5 Å². The van der Waals surface area contributed by atoms with Crippen LogP contribution >= 0.6 is 23.4 Å². The van der Waals surface area contributed by atoms with Crippen LogP contribution in [0.2, 0.25) is 5.02 Å². The van der Waals surface area contributed by atoms with Gasteiger partial charge in [0.25, 0.3) is 5.91 Å². The van der Waals surface area contributed by atoms with E-state index in [1.54, 1.807) is 45.6 Å². The maximum atomic E-state index is 14.1. The Balaban J connectivity index is 1.63. The Bertz CT molecular complexity index is 1060. The van der Waals surface area contributed by atoms with Gasteiger partial charge in [-0.05, 0) is 18.6 Å². The molecule has 1 aromatic rings. The van der Waals surface area contributed by atoms with Crippen molar-refractivity contribution in [2.75, 3.05) is 38.2 Å². The number of thioether (sulfide) groups is 1. The van der Waals surface area contributed by atoms with Crippen molar-refractivity contribution < 1.29 is 19.5 Å². The molecule has 4 heterocycles. The molecule has 1 N–H and O–H groups in total. The fourth-order valence-corrected chi connectivity index (χ4v) is 7.88. The van der Waals surface area contributed by atoms with Gasteiger partial charge >= 0.3 is 0 Å². The molecular formula is C24H26ClN3O4S. The van der Waals surface area contributed by atoms with Gasteiger partial charge in [-0.25, -0.2) is 0 Å². The van der Waals surface area contributed by atoms with Crippen molar-refractivity contribution in [3.05, 3.63) is 53.6 Å². The number of para-hydroxylation sites is 1. The number of fused-ring (bicyclic) bond motifs is 2. The van der Waals surface area contributed by atoms with Crippen LogP contribution in [0.4, 0.5) is 5.69 Å². The second-order valence-corrected chi connectivity index (χ2v) is 10.8. The highest BCUT2D eigenvalue weighted by molar-refractivity contribution is 8.02. The molecule has 1 spiro atoms. The highest BCUT2D eigenvalue weighted by Gasteiger charge is 2.70. The Hall–Kier alpha value is -2.29. The maximum Gasteiger partial charge on any atom is 0.251 e. The van der Waals surface area contributed by atoms with Gasteiger partial charge in [0.1, 0.15) is 6.04 Å². The third kappa shape index (κ3) is 3.33. The van der Waals surface area contributed by atoms with Gasteiger partial charge in [-0.15, -0.1) is 11.8 Å². The fourth-order valence-electron chi connectivity index (χ4n) is 5.63. The molecule has 0 radical (unpaired) electrons. The van der Waals surface area contributed by atoms with Gasteiger partial charge in [-0.2, -0.15) is 0 Å². The van der Waals surface area contributed by atoms with Gasteiger partial charge < -0.3 is 19.8 Å². The molecule has 7 nitrogen and oxygen atoms in total. The predicted octanol–water partition coefficient (Wildman–Crippen LogP) is 1.95. The van der Waals surface area contributed by atoms with E-state index in [1.165, 1.54) is 0 Å². The Labute approximate surface area is 202 Å². The number of hydrogen-bond donors (Lipinski definition) is 1. The first-order valence-electron chi connectivity index (χ1n) is 11.1. The predicted molar refractivity (Wildman–Crippen MR) is 128 cm³/mol. The molecule has 1 aromatic carbocycles. The zero-order chi connectivity index (χ0) is 23.3. The molecule has 9 heteroatoms. The minimum atomic E-state index is -0.854. The molecule has 174 valence electrons. The number of carbonyl (C=O) groups is 3. The standard InChI is InChI=1S/C24H26ClN3O4S/c1-26-11-4-9-17-18(21(26)30)19-22(31)28(13-6-14-29)20-23(32)27(12-5-10-24(19,20)33-17)16-8-3-2-7-15(16)25/h2-5,7-10,17-20,29H,6,11-14H2,1H3/t17-,18+,19-,20?,24-/m0/s1. The van der Waals surface area contributed by atoms with E-state index in [2.05, 4.69) is 0 Å². The number of carbonyl (C=O) groups excluding carboxylic acids is 3. The molecule has 4 aliphatic rings. The largest absolute Gasteiger partial charge is 0.396 e. The van der Waals surface area contributed by atoms with Crippen molar-refractivity contribution >= 4 is 46.8 Å². The summed E-state index contributed by atoms with van der Waals surface area (Å²) in [5, 5.41) is 9.74. The molecular weight excluding hydrogens is 462 g/mol. The average molecular weight is 488 g/mol. The second-order valence-electron chi connectivity index (χ2n) is 8.90. The normalized spacial score (nSPS) is 33.2. The average Bonchev–Trinajstić information content (AvgIpc) is 3.12. The molecule has 0 aromatic heterocycles. The minimum Gasteiger partial charge on any atom is -0.396 e. The molecule has 3 amide bonds. The smallest absolute Gasteiger partial charge is 0.251 e. The van der Waals surface area contributed by atoms with Crippen molar-refractivity contribution in [2.24, 2.45) is 11.8 Å². The van der Waals surface area contributed by atoms with Crippen LogP contribution in [0, 0.1) is 11.8 Å². The zero-order valence-corrected chi connectivity index (χ0v) is 19.8. The first kappa shape index (κ1) is 22.5. The van der Waals surface area contributed by atoms with E-state index in [-0.39, 0.29) is 36.1 Å². The number of hydrogen-bond acceptors (Lipinski definition) is 5. The summed E-state index contributed by atoms with van der Waals surface area (Å²) in [5.74, 6) is -1.64. The van der Waals surface area contributed by atoms with E-state index in [1.807, 2.05) is 36.4 Å². The Morgan fingerprint density at radius 1 is 1.12 bits per heavy atom. The number of likely N-dealkylation sites (N-methyl/N-ethyl adjacent to an activating group) is 1. The van der Waals surface area contributed by atoms with Crippen LogP contribution in [0.1, 0.15) is 6.42 Å². The van der Waals surface area contributed by atoms with E-state index in [0.29, 0.717) is 30.2 Å². The molecule has 5 rings (SSSR count). The monoisotopic (exact) mass is 487 g/mol. The van der Waals surface area contributed by atoms with Crippen molar-refractivity contribution in [3.8, 4) is 0 Å². The quantitative estimate of drug-likeness (QED) is 0.656. The van der Waals surface area contributed by atoms with Crippen molar-refractivity contribution in [1.29, 1.82) is 0 Å². The van der Waals surface area contributed by atoms with Crippen LogP contribution < -0.4 is 4.90 Å². The molecule has 2 saturated heterocycles. The second kappa shape index (κ2) is 8.49. The number of amides is 3. The molecule has 0 saturated carbocycles. The third-order valence-corrected chi connectivity index (χ3v) is 9.12. The topological polar surface area (TPSA) is 81.2 Å². The zero-order valence-electron chi connectivity index (χ0n) is 18.3. The molecule has 33 heavy (non-hydrogen) atoms. The van der Waals surface area contributed by atoms with Crippen LogP contribution in [-0.4, -0.2) is 82.0 Å². The van der Waals surface area contributed by atoms with Crippen LogP contribution in [0.3, 0.4) is 0 Å². The SMILES string of the molecule is CN1CC=C[C@@H]2S[C@]34C=CCN(c5ccccc5Cl)C(=O)C3N(CCCO)C(=O)[C@@H]4[C@@H]2C1=O. The third-order valence-electron chi connectivity index (χ3n) is 7.06. The summed E-state index contributed by atoms with van der Waals surface area (Å²) in [4.78, 5) is 46.1. The summed E-state index contributed by atoms with van der Waals surface area (Å²) in [5.41, 5.74) is 0.594. The van der Waals surface area contributed by atoms with Gasteiger partial charge in [0.15, 0.2) is 0 Å². The van der Waals surface area contributed by atoms with Crippen LogP contribution in [0.5, 0.6) is 0 Å². The van der Waals surface area contributed by atoms with E-state index < -0.39 is 22.6 Å². The van der Waals surface area contributed by atoms with Gasteiger partial charge in [0.05, 0.1) is 27.3 Å². The van der Waals surface area contributed by atoms with Crippen molar-refractivity contribution in [3.63, 3.8) is 0 Å². The lowest BCUT2D eigenvalue weighted by Crippen LogP contribution is -2.53. The lowest BCUT2D eigenvalue weighted by molar-refractivity contribution is -0.142. The lowest BCUT2D eigenvalue weighted by atomic mass is 9.78. The summed E-state index contributed by atoms with van der Waals surface area (Å²) in [7, 11) is 1.75. The van der Waals surface area contributed by atoms with Crippen LogP contribution in [0.15, 0.2) is 48.6 Å². The number of aliphatic hydroxyl groups excluding tert-OH is 1. The first-order chi connectivity index (χ1) is 15.9. The number of halogens is 1.